The first kappa shape index (κ1) is 9.65. The Hall–Kier alpha value is -1.90. The lowest BCUT2D eigenvalue weighted by molar-refractivity contribution is -0.107. The minimum Gasteiger partial charge on any atom is -0.461 e. The molecule has 15 heavy (non-hydrogen) atoms. The highest BCUT2D eigenvalue weighted by Crippen LogP contribution is 2.14. The number of hydrogen-bond acceptors (Lipinski definition) is 3. The Labute approximate surface area is 86.3 Å². The van der Waals surface area contributed by atoms with Crippen LogP contribution in [0.25, 0.3) is 11.0 Å². The lowest BCUT2D eigenvalue weighted by atomic mass is 10.1. The van der Waals surface area contributed by atoms with Crippen LogP contribution in [0.2, 0.25) is 0 Å². The SMILES string of the molecule is Cc1oc2ccccc2c(=O)c1CC=O. The Morgan fingerprint density at radius 1 is 1.33 bits per heavy atom. The third-order valence-electron chi connectivity index (χ3n) is 2.38. The van der Waals surface area contributed by atoms with Crippen molar-refractivity contribution in [3.8, 4) is 0 Å². The molecule has 2 rings (SSSR count). The quantitative estimate of drug-likeness (QED) is 0.698. The minimum atomic E-state index is -0.110. The fourth-order valence-corrected chi connectivity index (χ4v) is 1.61. The molecule has 0 aliphatic rings. The zero-order chi connectivity index (χ0) is 10.8. The van der Waals surface area contributed by atoms with Crippen LogP contribution in [0.4, 0.5) is 0 Å². The number of aldehydes is 1. The topological polar surface area (TPSA) is 47.3 Å². The van der Waals surface area contributed by atoms with Gasteiger partial charge in [-0.2, -0.15) is 0 Å². The molecule has 1 aromatic heterocycles. The molecule has 0 radical (unpaired) electrons. The molecular weight excluding hydrogens is 192 g/mol. The van der Waals surface area contributed by atoms with Crippen LogP contribution in [-0.4, -0.2) is 6.29 Å². The number of aryl methyl sites for hydroxylation is 1. The number of rotatable bonds is 2. The number of para-hydroxylation sites is 1. The maximum Gasteiger partial charge on any atom is 0.196 e. The van der Waals surface area contributed by atoms with Gasteiger partial charge in [-0.3, -0.25) is 4.79 Å². The van der Waals surface area contributed by atoms with E-state index in [1.807, 2.05) is 6.07 Å². The van der Waals surface area contributed by atoms with Gasteiger partial charge in [0, 0.05) is 12.0 Å². The minimum absolute atomic E-state index is 0.110. The van der Waals surface area contributed by atoms with Crippen molar-refractivity contribution in [2.45, 2.75) is 13.3 Å². The van der Waals surface area contributed by atoms with Gasteiger partial charge in [0.15, 0.2) is 5.43 Å². The van der Waals surface area contributed by atoms with E-state index in [1.54, 1.807) is 25.1 Å². The van der Waals surface area contributed by atoms with E-state index in [2.05, 4.69) is 0 Å². The molecule has 0 saturated carbocycles. The first-order valence-electron chi connectivity index (χ1n) is 4.69. The monoisotopic (exact) mass is 202 g/mol. The lowest BCUT2D eigenvalue weighted by Crippen LogP contribution is -2.11. The number of carbonyl (C=O) groups excluding carboxylic acids is 1. The zero-order valence-corrected chi connectivity index (χ0v) is 8.32. The summed E-state index contributed by atoms with van der Waals surface area (Å²) in [5.74, 6) is 0.519. The largest absolute Gasteiger partial charge is 0.461 e. The third-order valence-corrected chi connectivity index (χ3v) is 2.38. The van der Waals surface area contributed by atoms with E-state index in [-0.39, 0.29) is 11.8 Å². The summed E-state index contributed by atoms with van der Waals surface area (Å²) in [4.78, 5) is 22.4. The van der Waals surface area contributed by atoms with Gasteiger partial charge in [0.1, 0.15) is 17.6 Å². The predicted octanol–water partition coefficient (Wildman–Crippen LogP) is 1.84. The van der Waals surface area contributed by atoms with E-state index in [0.717, 1.165) is 0 Å². The second-order valence-electron chi connectivity index (χ2n) is 3.33. The van der Waals surface area contributed by atoms with Gasteiger partial charge in [-0.25, -0.2) is 0 Å². The van der Waals surface area contributed by atoms with Crippen molar-refractivity contribution in [1.82, 2.24) is 0 Å². The molecule has 0 N–H and O–H groups in total. The maximum atomic E-state index is 11.9. The highest BCUT2D eigenvalue weighted by Gasteiger charge is 2.09. The standard InChI is InChI=1S/C12H10O3/c1-8-9(6-7-13)12(14)10-4-2-3-5-11(10)15-8/h2-5,7H,6H2,1H3. The molecule has 0 saturated heterocycles. The molecule has 0 aliphatic carbocycles. The molecule has 0 spiro atoms. The van der Waals surface area contributed by atoms with Crippen molar-refractivity contribution in [3.63, 3.8) is 0 Å². The predicted molar refractivity (Wildman–Crippen MR) is 57.0 cm³/mol. The molecule has 0 aliphatic heterocycles. The highest BCUT2D eigenvalue weighted by molar-refractivity contribution is 5.77. The molecule has 76 valence electrons. The van der Waals surface area contributed by atoms with E-state index < -0.39 is 0 Å². The van der Waals surface area contributed by atoms with Crippen molar-refractivity contribution in [2.75, 3.05) is 0 Å². The van der Waals surface area contributed by atoms with Crippen LogP contribution < -0.4 is 5.43 Å². The van der Waals surface area contributed by atoms with Crippen molar-refractivity contribution >= 4 is 17.3 Å². The molecule has 0 fully saturated rings. The molecule has 3 heteroatoms. The molecule has 0 unspecified atom stereocenters. The van der Waals surface area contributed by atoms with Crippen LogP contribution in [0.1, 0.15) is 11.3 Å². The van der Waals surface area contributed by atoms with Gasteiger partial charge in [0.2, 0.25) is 0 Å². The van der Waals surface area contributed by atoms with Crippen molar-refractivity contribution in [2.24, 2.45) is 0 Å². The second-order valence-corrected chi connectivity index (χ2v) is 3.33. The van der Waals surface area contributed by atoms with Crippen LogP contribution >= 0.6 is 0 Å². The van der Waals surface area contributed by atoms with E-state index in [4.69, 9.17) is 4.42 Å². The number of fused-ring (bicyclic) bond motifs is 1. The van der Waals surface area contributed by atoms with Gasteiger partial charge in [0.25, 0.3) is 0 Å². The summed E-state index contributed by atoms with van der Waals surface area (Å²) in [5, 5.41) is 0.528. The summed E-state index contributed by atoms with van der Waals surface area (Å²) in [6.07, 6.45) is 0.826. The summed E-state index contributed by atoms with van der Waals surface area (Å²) >= 11 is 0. The van der Waals surface area contributed by atoms with Gasteiger partial charge in [-0.1, -0.05) is 12.1 Å². The van der Waals surface area contributed by atoms with Crippen LogP contribution in [-0.2, 0) is 11.2 Å². The smallest absolute Gasteiger partial charge is 0.196 e. The Bertz CT molecular complexity index is 567. The number of hydrogen-bond donors (Lipinski definition) is 0. The molecule has 0 bridgehead atoms. The van der Waals surface area contributed by atoms with E-state index in [1.165, 1.54) is 0 Å². The van der Waals surface area contributed by atoms with E-state index in [0.29, 0.717) is 28.6 Å². The molecule has 2 aromatic rings. The Morgan fingerprint density at radius 3 is 2.80 bits per heavy atom. The molecular formula is C12H10O3. The second kappa shape index (κ2) is 3.69. The van der Waals surface area contributed by atoms with E-state index >= 15 is 0 Å². The normalized spacial score (nSPS) is 10.5. The van der Waals surface area contributed by atoms with Gasteiger partial charge >= 0.3 is 0 Å². The van der Waals surface area contributed by atoms with Crippen molar-refractivity contribution in [3.05, 3.63) is 45.8 Å². The summed E-state index contributed by atoms with van der Waals surface area (Å²) in [7, 11) is 0. The van der Waals surface area contributed by atoms with Crippen LogP contribution in [0.3, 0.4) is 0 Å². The van der Waals surface area contributed by atoms with Crippen molar-refractivity contribution < 1.29 is 9.21 Å². The molecule has 3 nitrogen and oxygen atoms in total. The Morgan fingerprint density at radius 2 is 2.07 bits per heavy atom. The van der Waals surface area contributed by atoms with E-state index in [9.17, 15) is 9.59 Å². The third kappa shape index (κ3) is 1.56. The molecule has 1 aromatic carbocycles. The average Bonchev–Trinajstić information content (AvgIpc) is 2.24. The zero-order valence-electron chi connectivity index (χ0n) is 8.32. The molecule has 0 atom stereocenters. The van der Waals surface area contributed by atoms with Gasteiger partial charge < -0.3 is 9.21 Å². The molecule has 1 heterocycles. The maximum absolute atomic E-state index is 11.9. The average molecular weight is 202 g/mol. The summed E-state index contributed by atoms with van der Waals surface area (Å²) in [6.45, 7) is 1.70. The summed E-state index contributed by atoms with van der Waals surface area (Å²) in [5.41, 5.74) is 0.903. The van der Waals surface area contributed by atoms with Crippen LogP contribution in [0.15, 0.2) is 33.5 Å². The van der Waals surface area contributed by atoms with Gasteiger partial charge in [-0.05, 0) is 19.1 Å². The summed E-state index contributed by atoms with van der Waals surface area (Å²) < 4.78 is 5.47. The molecule has 0 amide bonds. The lowest BCUT2D eigenvalue weighted by Gasteiger charge is -2.03. The first-order valence-corrected chi connectivity index (χ1v) is 4.69. The number of carbonyl (C=O) groups is 1. The van der Waals surface area contributed by atoms with Gasteiger partial charge in [-0.15, -0.1) is 0 Å². The van der Waals surface area contributed by atoms with Gasteiger partial charge in [0.05, 0.1) is 5.39 Å². The highest BCUT2D eigenvalue weighted by atomic mass is 16.3. The number of benzene rings is 1. The van der Waals surface area contributed by atoms with Crippen LogP contribution in [0, 0.1) is 6.92 Å². The van der Waals surface area contributed by atoms with Crippen molar-refractivity contribution in [1.29, 1.82) is 0 Å². The fourth-order valence-electron chi connectivity index (χ4n) is 1.61. The first-order chi connectivity index (χ1) is 7.24. The van der Waals surface area contributed by atoms with Crippen LogP contribution in [0.5, 0.6) is 0 Å². The summed E-state index contributed by atoms with van der Waals surface area (Å²) in [6, 6.07) is 7.03. The Kier molecular flexibility index (Phi) is 2.37. The Balaban J connectivity index is 2.84. The fraction of sp³-hybridized carbons (Fsp3) is 0.167.